The van der Waals surface area contributed by atoms with Gasteiger partial charge in [-0.3, -0.25) is 9.59 Å². The number of nitrogens with zero attached hydrogens (tertiary/aromatic N) is 4. The number of likely N-dealkylation sites (tertiary alicyclic amines) is 1. The maximum atomic E-state index is 13.2. The van der Waals surface area contributed by atoms with Crippen molar-refractivity contribution in [1.29, 1.82) is 0 Å². The van der Waals surface area contributed by atoms with E-state index in [-0.39, 0.29) is 17.4 Å². The van der Waals surface area contributed by atoms with Crippen molar-refractivity contribution in [3.63, 3.8) is 0 Å². The van der Waals surface area contributed by atoms with Crippen LogP contribution in [0.5, 0.6) is 0 Å². The summed E-state index contributed by atoms with van der Waals surface area (Å²) in [5, 5.41) is 5.09. The third-order valence-corrected chi connectivity index (χ3v) is 7.25. The average Bonchev–Trinajstić information content (AvgIpc) is 3.26. The van der Waals surface area contributed by atoms with Gasteiger partial charge in [-0.15, -0.1) is 0 Å². The van der Waals surface area contributed by atoms with E-state index in [1.165, 1.54) is 24.8 Å². The molecule has 1 N–H and O–H groups in total. The van der Waals surface area contributed by atoms with Crippen LogP contribution < -0.4 is 5.56 Å². The SMILES string of the molecule is Cc1ccc(C(=O)N2CCCC(c3nc4c(cnn4C4CCCCC4)c(=O)[nH]3)C2)cc1C. The van der Waals surface area contributed by atoms with Gasteiger partial charge in [0, 0.05) is 24.6 Å². The maximum absolute atomic E-state index is 13.2. The molecule has 1 aliphatic carbocycles. The lowest BCUT2D eigenvalue weighted by Gasteiger charge is -2.32. The summed E-state index contributed by atoms with van der Waals surface area (Å²) in [7, 11) is 0. The minimum atomic E-state index is -0.135. The molecule has 2 aromatic heterocycles. The van der Waals surface area contributed by atoms with Gasteiger partial charge in [0.05, 0.1) is 12.2 Å². The first-order valence-electron chi connectivity index (χ1n) is 11.8. The van der Waals surface area contributed by atoms with Crippen LogP contribution in [0.3, 0.4) is 0 Å². The molecule has 168 valence electrons. The fraction of sp³-hybridized carbons (Fsp3) is 0.520. The third-order valence-electron chi connectivity index (χ3n) is 7.25. The van der Waals surface area contributed by atoms with Crippen molar-refractivity contribution in [1.82, 2.24) is 24.6 Å². The highest BCUT2D eigenvalue weighted by molar-refractivity contribution is 5.94. The molecule has 1 saturated heterocycles. The monoisotopic (exact) mass is 433 g/mol. The van der Waals surface area contributed by atoms with E-state index in [2.05, 4.69) is 17.0 Å². The second kappa shape index (κ2) is 8.52. The summed E-state index contributed by atoms with van der Waals surface area (Å²) in [4.78, 5) is 35.8. The number of carbonyl (C=O) groups is 1. The lowest BCUT2D eigenvalue weighted by atomic mass is 9.95. The number of nitrogens with one attached hydrogen (secondary N) is 1. The number of fused-ring (bicyclic) bond motifs is 1. The molecule has 1 amide bonds. The number of piperidine rings is 1. The Hall–Kier alpha value is -2.96. The van der Waals surface area contributed by atoms with Gasteiger partial charge in [-0.1, -0.05) is 25.3 Å². The second-order valence-electron chi connectivity index (χ2n) is 9.46. The van der Waals surface area contributed by atoms with E-state index in [1.54, 1.807) is 6.20 Å². The zero-order valence-electron chi connectivity index (χ0n) is 18.9. The molecular formula is C25H31N5O2. The van der Waals surface area contributed by atoms with Crippen molar-refractivity contribution in [2.75, 3.05) is 13.1 Å². The molecule has 0 bridgehead atoms. The first-order chi connectivity index (χ1) is 15.5. The zero-order chi connectivity index (χ0) is 22.2. The largest absolute Gasteiger partial charge is 0.338 e. The maximum Gasteiger partial charge on any atom is 0.262 e. The Labute approximate surface area is 187 Å². The predicted molar refractivity (Wildman–Crippen MR) is 124 cm³/mol. The number of H-pyrrole nitrogens is 1. The van der Waals surface area contributed by atoms with E-state index in [4.69, 9.17) is 4.98 Å². The van der Waals surface area contributed by atoms with Gasteiger partial charge < -0.3 is 9.88 Å². The lowest BCUT2D eigenvalue weighted by Crippen LogP contribution is -2.40. The molecule has 1 aromatic carbocycles. The van der Waals surface area contributed by atoms with Crippen LogP contribution in [0, 0.1) is 13.8 Å². The van der Waals surface area contributed by atoms with Gasteiger partial charge in [0.15, 0.2) is 5.65 Å². The summed E-state index contributed by atoms with van der Waals surface area (Å²) in [6, 6.07) is 6.19. The Morgan fingerprint density at radius 2 is 1.88 bits per heavy atom. The fourth-order valence-electron chi connectivity index (χ4n) is 5.18. The van der Waals surface area contributed by atoms with Gasteiger partial charge in [0.25, 0.3) is 11.5 Å². The van der Waals surface area contributed by atoms with E-state index in [0.717, 1.165) is 43.4 Å². The molecule has 32 heavy (non-hydrogen) atoms. The normalized spacial score (nSPS) is 20.1. The van der Waals surface area contributed by atoms with Gasteiger partial charge in [-0.25, -0.2) is 9.67 Å². The van der Waals surface area contributed by atoms with Crippen molar-refractivity contribution in [2.45, 2.75) is 70.8 Å². The number of aromatic amines is 1. The predicted octanol–water partition coefficient (Wildman–Crippen LogP) is 4.26. The molecule has 1 saturated carbocycles. The molecule has 0 radical (unpaired) electrons. The molecule has 3 heterocycles. The molecule has 3 aromatic rings. The summed E-state index contributed by atoms with van der Waals surface area (Å²) in [5.41, 5.74) is 3.58. The standard InChI is InChI=1S/C25H31N5O2/c1-16-10-11-18(13-17(16)2)25(32)29-12-6-7-19(15-29)22-27-23-21(24(31)28-22)14-26-30(23)20-8-4-3-5-9-20/h10-11,13-14,19-20H,3-9,12,15H2,1-2H3,(H,27,28,31). The number of hydrogen-bond acceptors (Lipinski definition) is 4. The summed E-state index contributed by atoms with van der Waals surface area (Å²) >= 11 is 0. The molecule has 7 heteroatoms. The van der Waals surface area contributed by atoms with E-state index >= 15 is 0 Å². The lowest BCUT2D eigenvalue weighted by molar-refractivity contribution is 0.0704. The topological polar surface area (TPSA) is 83.9 Å². The third kappa shape index (κ3) is 3.85. The number of aryl methyl sites for hydroxylation is 2. The minimum absolute atomic E-state index is 0.0195. The van der Waals surface area contributed by atoms with E-state index in [1.807, 2.05) is 34.7 Å². The Morgan fingerprint density at radius 1 is 1.06 bits per heavy atom. The molecule has 1 atom stereocenters. The van der Waals surface area contributed by atoms with Crippen molar-refractivity contribution in [2.24, 2.45) is 0 Å². The highest BCUT2D eigenvalue weighted by Crippen LogP contribution is 2.30. The number of carbonyl (C=O) groups excluding carboxylic acids is 1. The van der Waals surface area contributed by atoms with Crippen molar-refractivity contribution in [3.05, 3.63) is 57.3 Å². The second-order valence-corrected chi connectivity index (χ2v) is 9.46. The number of benzene rings is 1. The van der Waals surface area contributed by atoms with Gasteiger partial charge in [0.2, 0.25) is 0 Å². The molecule has 7 nitrogen and oxygen atoms in total. The van der Waals surface area contributed by atoms with Gasteiger partial charge in [-0.2, -0.15) is 5.10 Å². The molecule has 1 unspecified atom stereocenters. The Balaban J connectivity index is 1.42. The van der Waals surface area contributed by atoms with Crippen LogP contribution in [0.15, 0.2) is 29.2 Å². The van der Waals surface area contributed by atoms with E-state index in [0.29, 0.717) is 29.4 Å². The quantitative estimate of drug-likeness (QED) is 0.669. The smallest absolute Gasteiger partial charge is 0.262 e. The van der Waals surface area contributed by atoms with E-state index < -0.39 is 0 Å². The van der Waals surface area contributed by atoms with Crippen LogP contribution in [0.1, 0.15) is 84.2 Å². The Morgan fingerprint density at radius 3 is 2.66 bits per heavy atom. The van der Waals surface area contributed by atoms with Crippen LogP contribution >= 0.6 is 0 Å². The number of amides is 1. The summed E-state index contributed by atoms with van der Waals surface area (Å²) in [5.74, 6) is 0.747. The summed E-state index contributed by atoms with van der Waals surface area (Å²) in [6.07, 6.45) is 9.27. The first kappa shape index (κ1) is 20.9. The van der Waals surface area contributed by atoms with Crippen molar-refractivity contribution in [3.8, 4) is 0 Å². The average molecular weight is 434 g/mol. The molecule has 1 aliphatic heterocycles. The zero-order valence-corrected chi connectivity index (χ0v) is 18.9. The molecule has 2 aliphatic rings. The van der Waals surface area contributed by atoms with Crippen LogP contribution in [0.4, 0.5) is 0 Å². The van der Waals surface area contributed by atoms with Gasteiger partial charge >= 0.3 is 0 Å². The number of hydrogen-bond donors (Lipinski definition) is 1. The van der Waals surface area contributed by atoms with E-state index in [9.17, 15) is 9.59 Å². The highest BCUT2D eigenvalue weighted by Gasteiger charge is 2.28. The molecule has 0 spiro atoms. The van der Waals surface area contributed by atoms with Crippen LogP contribution in [-0.2, 0) is 0 Å². The first-order valence-corrected chi connectivity index (χ1v) is 11.8. The summed E-state index contributed by atoms with van der Waals surface area (Å²) in [6.45, 7) is 5.38. The van der Waals surface area contributed by atoms with Crippen LogP contribution in [0.25, 0.3) is 11.0 Å². The van der Waals surface area contributed by atoms with Crippen molar-refractivity contribution >= 4 is 16.9 Å². The van der Waals surface area contributed by atoms with Gasteiger partial charge in [-0.05, 0) is 62.8 Å². The fourth-order valence-corrected chi connectivity index (χ4v) is 5.18. The number of rotatable bonds is 3. The molecular weight excluding hydrogens is 402 g/mol. The number of aromatic nitrogens is 4. The Kier molecular flexibility index (Phi) is 5.57. The minimum Gasteiger partial charge on any atom is -0.338 e. The molecule has 5 rings (SSSR count). The Bertz CT molecular complexity index is 1200. The highest BCUT2D eigenvalue weighted by atomic mass is 16.2. The molecule has 2 fully saturated rings. The van der Waals surface area contributed by atoms with Crippen molar-refractivity contribution < 1.29 is 4.79 Å². The van der Waals surface area contributed by atoms with Crippen LogP contribution in [0.2, 0.25) is 0 Å². The summed E-state index contributed by atoms with van der Waals surface area (Å²) < 4.78 is 1.97. The van der Waals surface area contributed by atoms with Gasteiger partial charge in [0.1, 0.15) is 11.2 Å². The van der Waals surface area contributed by atoms with Crippen LogP contribution in [-0.4, -0.2) is 43.6 Å².